The second-order valence-corrected chi connectivity index (χ2v) is 3.84. The summed E-state index contributed by atoms with van der Waals surface area (Å²) in [5, 5.41) is 12.9. The Balaban J connectivity index is 2.29. The second-order valence-electron chi connectivity index (χ2n) is 3.84. The Hall–Kier alpha value is -1.82. The lowest BCUT2D eigenvalue weighted by molar-refractivity contribution is -0.0881. The van der Waals surface area contributed by atoms with E-state index in [9.17, 15) is 13.2 Å². The van der Waals surface area contributed by atoms with Gasteiger partial charge in [0.05, 0.1) is 18.4 Å². The van der Waals surface area contributed by atoms with Gasteiger partial charge in [-0.3, -0.25) is 0 Å². The Morgan fingerprint density at radius 3 is 2.72 bits per heavy atom. The number of hydrogen-bond acceptors (Lipinski definition) is 2. The Bertz CT molecular complexity index is 524. The van der Waals surface area contributed by atoms with E-state index in [1.54, 1.807) is 6.20 Å². The van der Waals surface area contributed by atoms with E-state index in [-0.39, 0.29) is 6.61 Å². The number of allylic oxidation sites excluding steroid dienone is 6. The Labute approximate surface area is 102 Å². The van der Waals surface area contributed by atoms with Crippen molar-refractivity contribution in [3.8, 4) is 0 Å². The van der Waals surface area contributed by atoms with Gasteiger partial charge in [-0.2, -0.15) is 18.3 Å². The monoisotopic (exact) mass is 256 g/mol. The van der Waals surface area contributed by atoms with Crippen LogP contribution in [-0.2, 0) is 6.61 Å². The summed E-state index contributed by atoms with van der Waals surface area (Å²) in [6.45, 7) is -0.146. The van der Waals surface area contributed by atoms with Gasteiger partial charge in [0.25, 0.3) is 0 Å². The van der Waals surface area contributed by atoms with E-state index in [1.807, 2.05) is 0 Å². The number of aliphatic hydroxyl groups is 1. The van der Waals surface area contributed by atoms with Crippen LogP contribution in [0.15, 0.2) is 42.3 Å². The average molecular weight is 256 g/mol. The van der Waals surface area contributed by atoms with Crippen LogP contribution >= 0.6 is 0 Å². The maximum atomic E-state index is 12.5. The molecule has 0 amide bonds. The maximum Gasteiger partial charge on any atom is 0.416 e. The van der Waals surface area contributed by atoms with E-state index >= 15 is 0 Å². The topological polar surface area (TPSA) is 38.1 Å². The number of nitrogens with zero attached hydrogens (tertiary/aromatic N) is 2. The number of alkyl halides is 3. The van der Waals surface area contributed by atoms with Gasteiger partial charge in [-0.25, -0.2) is 4.68 Å². The highest BCUT2D eigenvalue weighted by Gasteiger charge is 2.31. The first-order valence-electron chi connectivity index (χ1n) is 5.30. The summed E-state index contributed by atoms with van der Waals surface area (Å²) in [5.41, 5.74) is 0.543. The molecule has 0 saturated carbocycles. The van der Waals surface area contributed by atoms with Crippen molar-refractivity contribution in [2.24, 2.45) is 0 Å². The van der Waals surface area contributed by atoms with Crippen LogP contribution in [0.1, 0.15) is 12.0 Å². The minimum Gasteiger partial charge on any atom is -0.392 e. The summed E-state index contributed by atoms with van der Waals surface area (Å²) in [7, 11) is 0. The van der Waals surface area contributed by atoms with Crippen molar-refractivity contribution in [3.63, 3.8) is 0 Å². The molecule has 0 atom stereocenters. The Kier molecular flexibility index (Phi) is 3.38. The third kappa shape index (κ3) is 2.70. The Morgan fingerprint density at radius 1 is 1.33 bits per heavy atom. The molecule has 0 aliphatic heterocycles. The molecule has 18 heavy (non-hydrogen) atoms. The molecule has 1 heterocycles. The largest absolute Gasteiger partial charge is 0.416 e. The van der Waals surface area contributed by atoms with Gasteiger partial charge in [0, 0.05) is 23.9 Å². The zero-order valence-corrected chi connectivity index (χ0v) is 9.35. The average Bonchev–Trinajstić information content (AvgIpc) is 2.64. The molecular formula is C12H11F3N2O. The molecule has 6 heteroatoms. The molecule has 0 spiro atoms. The molecule has 96 valence electrons. The van der Waals surface area contributed by atoms with Gasteiger partial charge in [-0.1, -0.05) is 12.2 Å². The van der Waals surface area contributed by atoms with Crippen LogP contribution in [0.3, 0.4) is 0 Å². The molecule has 0 aromatic carbocycles. The van der Waals surface area contributed by atoms with Crippen LogP contribution in [0, 0.1) is 0 Å². The predicted octanol–water partition coefficient (Wildman–Crippen LogP) is 2.66. The van der Waals surface area contributed by atoms with Gasteiger partial charge in [-0.15, -0.1) is 0 Å². The van der Waals surface area contributed by atoms with Crippen LogP contribution in [0.4, 0.5) is 13.2 Å². The molecule has 1 aromatic heterocycles. The molecular weight excluding hydrogens is 245 g/mol. The number of aliphatic hydroxyl groups excluding tert-OH is 1. The third-order valence-corrected chi connectivity index (χ3v) is 2.52. The minimum atomic E-state index is -4.34. The fourth-order valence-corrected chi connectivity index (χ4v) is 1.57. The zero-order chi connectivity index (χ0) is 13.2. The lowest BCUT2D eigenvalue weighted by Gasteiger charge is -2.04. The fraction of sp³-hybridized carbons (Fsp3) is 0.250. The fourth-order valence-electron chi connectivity index (χ4n) is 1.57. The predicted molar refractivity (Wildman–Crippen MR) is 60.3 cm³/mol. The summed E-state index contributed by atoms with van der Waals surface area (Å²) in [6.07, 6.45) is 3.98. The first-order chi connectivity index (χ1) is 8.50. The van der Waals surface area contributed by atoms with Gasteiger partial charge < -0.3 is 5.11 Å². The summed E-state index contributed by atoms with van der Waals surface area (Å²) in [5.74, 6) is 0. The highest BCUT2D eigenvalue weighted by atomic mass is 19.4. The van der Waals surface area contributed by atoms with E-state index in [1.165, 1.54) is 23.0 Å². The summed E-state index contributed by atoms with van der Waals surface area (Å²) in [6, 6.07) is 0. The lowest BCUT2D eigenvalue weighted by atomic mass is 10.2. The highest BCUT2D eigenvalue weighted by molar-refractivity contribution is 5.53. The van der Waals surface area contributed by atoms with Crippen LogP contribution in [0.25, 0.3) is 5.70 Å². The van der Waals surface area contributed by atoms with Crippen molar-refractivity contribution < 1.29 is 18.3 Å². The van der Waals surface area contributed by atoms with Crippen molar-refractivity contribution >= 4 is 5.70 Å². The van der Waals surface area contributed by atoms with Crippen LogP contribution in [-0.4, -0.2) is 21.1 Å². The summed E-state index contributed by atoms with van der Waals surface area (Å²) >= 11 is 0. The standard InChI is InChI=1S/C12H11F3N2O/c13-12(14,15)10-2-1-3-11(5-4-10)17-7-9(8-18)6-16-17/h1-2,4-7,18H,3,8H2. The number of rotatable bonds is 2. The van der Waals surface area contributed by atoms with E-state index in [0.29, 0.717) is 17.7 Å². The molecule has 1 N–H and O–H groups in total. The molecule has 0 bridgehead atoms. The number of hydrogen-bond donors (Lipinski definition) is 1. The molecule has 0 fully saturated rings. The molecule has 0 saturated heterocycles. The Morgan fingerprint density at radius 2 is 2.11 bits per heavy atom. The van der Waals surface area contributed by atoms with Crippen molar-refractivity contribution in [2.75, 3.05) is 0 Å². The van der Waals surface area contributed by atoms with Crippen molar-refractivity contribution in [1.29, 1.82) is 0 Å². The number of halogens is 3. The van der Waals surface area contributed by atoms with Gasteiger partial charge in [0.1, 0.15) is 0 Å². The number of aromatic nitrogens is 2. The molecule has 0 unspecified atom stereocenters. The first-order valence-corrected chi connectivity index (χ1v) is 5.30. The SMILES string of the molecule is OCc1cnn(C2=CC=C(C(F)(F)F)C=CC2)c1. The maximum absolute atomic E-state index is 12.5. The molecule has 1 aliphatic carbocycles. The minimum absolute atomic E-state index is 0.146. The normalized spacial score (nSPS) is 16.2. The van der Waals surface area contributed by atoms with Crippen LogP contribution in [0.5, 0.6) is 0 Å². The van der Waals surface area contributed by atoms with E-state index in [0.717, 1.165) is 12.2 Å². The molecule has 0 radical (unpaired) electrons. The van der Waals surface area contributed by atoms with Gasteiger partial charge in [0.2, 0.25) is 0 Å². The van der Waals surface area contributed by atoms with Gasteiger partial charge in [-0.05, 0) is 12.2 Å². The van der Waals surface area contributed by atoms with Crippen molar-refractivity contribution in [3.05, 3.63) is 47.8 Å². The van der Waals surface area contributed by atoms with E-state index < -0.39 is 11.7 Å². The molecule has 1 aromatic rings. The van der Waals surface area contributed by atoms with Gasteiger partial charge >= 0.3 is 6.18 Å². The van der Waals surface area contributed by atoms with E-state index in [4.69, 9.17) is 5.11 Å². The van der Waals surface area contributed by atoms with Crippen LogP contribution in [0.2, 0.25) is 0 Å². The first kappa shape index (κ1) is 12.6. The molecule has 2 rings (SSSR count). The zero-order valence-electron chi connectivity index (χ0n) is 9.35. The smallest absolute Gasteiger partial charge is 0.392 e. The van der Waals surface area contributed by atoms with Gasteiger partial charge in [0.15, 0.2) is 0 Å². The lowest BCUT2D eigenvalue weighted by Crippen LogP contribution is -2.09. The van der Waals surface area contributed by atoms with Crippen molar-refractivity contribution in [2.45, 2.75) is 19.2 Å². The molecule has 1 aliphatic rings. The summed E-state index contributed by atoms with van der Waals surface area (Å²) < 4.78 is 39.0. The quantitative estimate of drug-likeness (QED) is 0.883. The molecule has 3 nitrogen and oxygen atoms in total. The van der Waals surface area contributed by atoms with Crippen LogP contribution < -0.4 is 0 Å². The highest BCUT2D eigenvalue weighted by Crippen LogP contribution is 2.29. The second kappa shape index (κ2) is 4.81. The third-order valence-electron chi connectivity index (χ3n) is 2.52. The summed E-state index contributed by atoms with van der Waals surface area (Å²) in [4.78, 5) is 0. The van der Waals surface area contributed by atoms with E-state index in [2.05, 4.69) is 5.10 Å². The van der Waals surface area contributed by atoms with Crippen molar-refractivity contribution in [1.82, 2.24) is 9.78 Å².